The summed E-state index contributed by atoms with van der Waals surface area (Å²) in [5.41, 5.74) is 8.01. The van der Waals surface area contributed by atoms with Crippen LogP contribution in [0, 0.1) is 11.8 Å². The summed E-state index contributed by atoms with van der Waals surface area (Å²) in [6.07, 6.45) is 6.90. The summed E-state index contributed by atoms with van der Waals surface area (Å²) >= 11 is 0. The van der Waals surface area contributed by atoms with Gasteiger partial charge in [-0.15, -0.1) is 0 Å². The molecule has 2 saturated carbocycles. The molecule has 0 bridgehead atoms. The van der Waals surface area contributed by atoms with Crippen LogP contribution in [-0.4, -0.2) is 12.6 Å². The van der Waals surface area contributed by atoms with Crippen LogP contribution in [0.3, 0.4) is 0 Å². The topological polar surface area (TPSA) is 38.0 Å². The number of hydrogen-bond donors (Lipinski definition) is 2. The molecule has 2 aliphatic rings. The van der Waals surface area contributed by atoms with Gasteiger partial charge in [0.2, 0.25) is 0 Å². The molecule has 3 N–H and O–H groups in total. The smallest absolute Gasteiger partial charge is 0.0316 e. The highest BCUT2D eigenvalue weighted by Crippen LogP contribution is 2.44. The Morgan fingerprint density at radius 1 is 1.18 bits per heavy atom. The van der Waals surface area contributed by atoms with Gasteiger partial charge in [-0.1, -0.05) is 12.1 Å². The van der Waals surface area contributed by atoms with Gasteiger partial charge in [0, 0.05) is 11.7 Å². The van der Waals surface area contributed by atoms with Gasteiger partial charge in [0.05, 0.1) is 0 Å². The van der Waals surface area contributed by atoms with Crippen molar-refractivity contribution >= 4 is 5.69 Å². The maximum atomic E-state index is 5.79. The SMILES string of the molecule is Nc1cccc(CCNC(C2CC2)C2CC2)c1. The van der Waals surface area contributed by atoms with Gasteiger partial charge < -0.3 is 11.1 Å². The third kappa shape index (κ3) is 3.01. The number of nitrogen functional groups attached to an aromatic ring is 1. The fourth-order valence-electron chi connectivity index (χ4n) is 2.76. The molecule has 1 aromatic carbocycles. The molecular formula is C15H22N2. The summed E-state index contributed by atoms with van der Waals surface area (Å²) < 4.78 is 0. The molecule has 0 aromatic heterocycles. The first-order valence-corrected chi connectivity index (χ1v) is 6.91. The van der Waals surface area contributed by atoms with Crippen LogP contribution in [0.15, 0.2) is 24.3 Å². The molecule has 0 aliphatic heterocycles. The monoisotopic (exact) mass is 230 g/mol. The molecule has 0 heterocycles. The van der Waals surface area contributed by atoms with Crippen molar-refractivity contribution in [3.63, 3.8) is 0 Å². The number of anilines is 1. The average molecular weight is 230 g/mol. The zero-order valence-corrected chi connectivity index (χ0v) is 10.4. The van der Waals surface area contributed by atoms with Crippen LogP contribution >= 0.6 is 0 Å². The van der Waals surface area contributed by atoms with Crippen molar-refractivity contribution < 1.29 is 0 Å². The van der Waals surface area contributed by atoms with E-state index in [4.69, 9.17) is 5.73 Å². The summed E-state index contributed by atoms with van der Waals surface area (Å²) in [7, 11) is 0. The van der Waals surface area contributed by atoms with Crippen molar-refractivity contribution in [3.05, 3.63) is 29.8 Å². The second-order valence-electron chi connectivity index (χ2n) is 5.65. The Balaban J connectivity index is 1.47. The van der Waals surface area contributed by atoms with E-state index in [1.807, 2.05) is 12.1 Å². The van der Waals surface area contributed by atoms with Crippen LogP contribution in [0.4, 0.5) is 5.69 Å². The molecule has 3 rings (SSSR count). The molecule has 0 radical (unpaired) electrons. The minimum Gasteiger partial charge on any atom is -0.399 e. The van der Waals surface area contributed by atoms with E-state index in [1.165, 1.54) is 31.2 Å². The number of benzene rings is 1. The number of nitrogens with two attached hydrogens (primary N) is 1. The first-order valence-electron chi connectivity index (χ1n) is 6.91. The Labute approximate surface area is 104 Å². The summed E-state index contributed by atoms with van der Waals surface area (Å²) in [5, 5.41) is 3.77. The molecule has 0 unspecified atom stereocenters. The molecule has 2 nitrogen and oxygen atoms in total. The summed E-state index contributed by atoms with van der Waals surface area (Å²) in [5.74, 6) is 1.98. The Morgan fingerprint density at radius 2 is 1.88 bits per heavy atom. The van der Waals surface area contributed by atoms with Gasteiger partial charge in [-0.3, -0.25) is 0 Å². The van der Waals surface area contributed by atoms with Gasteiger partial charge >= 0.3 is 0 Å². The van der Waals surface area contributed by atoms with Crippen LogP contribution < -0.4 is 11.1 Å². The van der Waals surface area contributed by atoms with Crippen LogP contribution in [0.25, 0.3) is 0 Å². The van der Waals surface area contributed by atoms with Crippen LogP contribution in [0.5, 0.6) is 0 Å². The quantitative estimate of drug-likeness (QED) is 0.737. The Morgan fingerprint density at radius 3 is 2.47 bits per heavy atom. The van der Waals surface area contributed by atoms with Gasteiger partial charge in [0.25, 0.3) is 0 Å². The highest BCUT2D eigenvalue weighted by molar-refractivity contribution is 5.40. The van der Waals surface area contributed by atoms with Gasteiger partial charge in [-0.25, -0.2) is 0 Å². The van der Waals surface area contributed by atoms with E-state index in [1.54, 1.807) is 0 Å². The highest BCUT2D eigenvalue weighted by atomic mass is 14.9. The van der Waals surface area contributed by atoms with E-state index in [9.17, 15) is 0 Å². The number of rotatable bonds is 6. The zero-order valence-electron chi connectivity index (χ0n) is 10.4. The molecular weight excluding hydrogens is 208 g/mol. The molecule has 92 valence electrons. The van der Waals surface area contributed by atoms with E-state index in [0.29, 0.717) is 0 Å². The number of hydrogen-bond acceptors (Lipinski definition) is 2. The average Bonchev–Trinajstić information content (AvgIpc) is 3.15. The van der Waals surface area contributed by atoms with Crippen molar-refractivity contribution in [2.24, 2.45) is 11.8 Å². The molecule has 17 heavy (non-hydrogen) atoms. The minimum atomic E-state index is 0.816. The lowest BCUT2D eigenvalue weighted by molar-refractivity contribution is 0.420. The number of nitrogens with one attached hydrogen (secondary N) is 1. The molecule has 0 atom stereocenters. The van der Waals surface area contributed by atoms with Gasteiger partial charge in [0.15, 0.2) is 0 Å². The van der Waals surface area contributed by atoms with E-state index in [0.717, 1.165) is 36.5 Å². The van der Waals surface area contributed by atoms with Crippen LogP contribution in [0.2, 0.25) is 0 Å². The lowest BCUT2D eigenvalue weighted by Crippen LogP contribution is -2.34. The van der Waals surface area contributed by atoms with Crippen LogP contribution in [0.1, 0.15) is 31.2 Å². The molecule has 2 fully saturated rings. The second-order valence-corrected chi connectivity index (χ2v) is 5.65. The Bertz CT molecular complexity index is 368. The first-order chi connectivity index (χ1) is 8.33. The van der Waals surface area contributed by atoms with Gasteiger partial charge in [0.1, 0.15) is 0 Å². The predicted octanol–water partition coefficient (Wildman–Crippen LogP) is 2.59. The fraction of sp³-hybridized carbons (Fsp3) is 0.600. The largest absolute Gasteiger partial charge is 0.399 e. The van der Waals surface area contributed by atoms with Crippen molar-refractivity contribution in [1.82, 2.24) is 5.32 Å². The molecule has 2 aliphatic carbocycles. The van der Waals surface area contributed by atoms with Crippen molar-refractivity contribution in [2.75, 3.05) is 12.3 Å². The highest BCUT2D eigenvalue weighted by Gasteiger charge is 2.40. The lowest BCUT2D eigenvalue weighted by atomic mass is 10.1. The summed E-state index contributed by atoms with van der Waals surface area (Å²) in [6, 6.07) is 9.07. The maximum Gasteiger partial charge on any atom is 0.0316 e. The molecule has 1 aromatic rings. The van der Waals surface area contributed by atoms with Crippen molar-refractivity contribution in [3.8, 4) is 0 Å². The maximum absolute atomic E-state index is 5.79. The van der Waals surface area contributed by atoms with Crippen LogP contribution in [-0.2, 0) is 6.42 Å². The molecule has 0 saturated heterocycles. The third-order valence-corrected chi connectivity index (χ3v) is 4.00. The Hall–Kier alpha value is -1.02. The molecule has 0 spiro atoms. The standard InChI is InChI=1S/C15H22N2/c16-14-3-1-2-11(10-14)8-9-17-15(12-4-5-12)13-6-7-13/h1-3,10,12-13,15,17H,4-9,16H2. The van der Waals surface area contributed by atoms with Crippen molar-refractivity contribution in [1.29, 1.82) is 0 Å². The fourth-order valence-corrected chi connectivity index (χ4v) is 2.76. The normalized spacial score (nSPS) is 19.8. The molecule has 2 heteroatoms. The van der Waals surface area contributed by atoms with E-state index < -0.39 is 0 Å². The minimum absolute atomic E-state index is 0.816. The van der Waals surface area contributed by atoms with Gasteiger partial charge in [-0.05, 0) is 68.2 Å². The molecule has 0 amide bonds. The second kappa shape index (κ2) is 4.69. The third-order valence-electron chi connectivity index (χ3n) is 4.00. The van der Waals surface area contributed by atoms with E-state index >= 15 is 0 Å². The zero-order chi connectivity index (χ0) is 11.7. The van der Waals surface area contributed by atoms with Gasteiger partial charge in [-0.2, -0.15) is 0 Å². The summed E-state index contributed by atoms with van der Waals surface area (Å²) in [4.78, 5) is 0. The van der Waals surface area contributed by atoms with E-state index in [-0.39, 0.29) is 0 Å². The first kappa shape index (κ1) is 11.1. The lowest BCUT2D eigenvalue weighted by Gasteiger charge is -2.17. The summed E-state index contributed by atoms with van der Waals surface area (Å²) in [6.45, 7) is 1.10. The predicted molar refractivity (Wildman–Crippen MR) is 71.8 cm³/mol. The van der Waals surface area contributed by atoms with E-state index in [2.05, 4.69) is 17.4 Å². The Kier molecular flexibility index (Phi) is 3.06. The van der Waals surface area contributed by atoms with Crippen molar-refractivity contribution in [2.45, 2.75) is 38.1 Å².